The quantitative estimate of drug-likeness (QED) is 0.431. The molecule has 1 aromatic carbocycles. The van der Waals surface area contributed by atoms with Crippen LogP contribution in [0.1, 0.15) is 61.2 Å². The number of carbonyl (C=O) groups excluding carboxylic acids is 2. The molecule has 3 heterocycles. The zero-order valence-electron chi connectivity index (χ0n) is 19.3. The molecule has 0 fully saturated rings. The zero-order chi connectivity index (χ0) is 25.1. The van der Waals surface area contributed by atoms with Gasteiger partial charge in [-0.1, -0.05) is 23.7 Å². The maximum absolute atomic E-state index is 13.0. The van der Waals surface area contributed by atoms with Gasteiger partial charge >= 0.3 is 5.97 Å². The Morgan fingerprint density at radius 2 is 1.94 bits per heavy atom. The number of nitrogens with one attached hydrogen (secondary N) is 2. The second-order valence-electron chi connectivity index (χ2n) is 8.53. The second-order valence-corrected chi connectivity index (χ2v) is 10.2. The molecule has 0 saturated heterocycles. The smallest absolute Gasteiger partial charge is 0.335 e. The number of thiophene rings is 1. The molecule has 0 spiro atoms. The van der Waals surface area contributed by atoms with Crippen LogP contribution in [0.3, 0.4) is 0 Å². The van der Waals surface area contributed by atoms with Crippen LogP contribution in [0.5, 0.6) is 0 Å². The van der Waals surface area contributed by atoms with E-state index in [0.717, 1.165) is 42.1 Å². The SMILES string of the molecule is CC(C)N1CCc2nc(C(=O)Nc3cc(C(=O)O)ccc3CNC(=O)c3ccc(Cl)s3)ccc2C1. The number of benzene rings is 1. The summed E-state index contributed by atoms with van der Waals surface area (Å²) >= 11 is 7.06. The average molecular weight is 513 g/mol. The van der Waals surface area contributed by atoms with E-state index in [-0.39, 0.29) is 23.7 Å². The van der Waals surface area contributed by atoms with Gasteiger partial charge in [0.25, 0.3) is 11.8 Å². The van der Waals surface area contributed by atoms with Crippen LogP contribution in [-0.2, 0) is 19.5 Å². The van der Waals surface area contributed by atoms with Crippen molar-refractivity contribution in [3.8, 4) is 0 Å². The van der Waals surface area contributed by atoms with Crippen molar-refractivity contribution in [2.24, 2.45) is 0 Å². The number of carboxylic acid groups (broad SMARTS) is 1. The fourth-order valence-corrected chi connectivity index (χ4v) is 4.83. The number of nitrogens with zero attached hydrogens (tertiary/aromatic N) is 2. The molecule has 0 aliphatic carbocycles. The first-order chi connectivity index (χ1) is 16.7. The standard InChI is InChI=1S/C25H25ClN4O4S/c1-14(2)30-10-9-18-17(13-30)5-6-19(28-18)23(31)29-20-11-15(25(33)34)3-4-16(20)12-27-24(32)21-7-8-22(26)35-21/h3-8,11,14H,9-10,12-13H2,1-2H3,(H,27,32)(H,29,31)(H,33,34). The first-order valence-corrected chi connectivity index (χ1v) is 12.3. The van der Waals surface area contributed by atoms with Gasteiger partial charge in [0.05, 0.1) is 14.8 Å². The van der Waals surface area contributed by atoms with E-state index in [2.05, 4.69) is 34.4 Å². The van der Waals surface area contributed by atoms with E-state index in [1.54, 1.807) is 24.3 Å². The fourth-order valence-electron chi connectivity index (χ4n) is 3.87. The molecule has 0 atom stereocenters. The number of aromatic carboxylic acids is 1. The van der Waals surface area contributed by atoms with Gasteiger partial charge in [-0.2, -0.15) is 0 Å². The van der Waals surface area contributed by atoms with Crippen molar-refractivity contribution >= 4 is 46.4 Å². The summed E-state index contributed by atoms with van der Waals surface area (Å²) in [4.78, 5) is 44.3. The molecule has 4 rings (SSSR count). The number of pyridine rings is 1. The van der Waals surface area contributed by atoms with Crippen LogP contribution in [0.2, 0.25) is 4.34 Å². The summed E-state index contributed by atoms with van der Waals surface area (Å²) in [5.41, 5.74) is 3.13. The Hall–Kier alpha value is -3.27. The molecule has 0 radical (unpaired) electrons. The van der Waals surface area contributed by atoms with E-state index in [0.29, 0.717) is 26.5 Å². The van der Waals surface area contributed by atoms with Crippen LogP contribution >= 0.6 is 22.9 Å². The number of hydrogen-bond donors (Lipinski definition) is 3. The van der Waals surface area contributed by atoms with Gasteiger partial charge in [-0.3, -0.25) is 14.5 Å². The molecule has 1 aliphatic heterocycles. The lowest BCUT2D eigenvalue weighted by atomic mass is 10.0. The third-order valence-electron chi connectivity index (χ3n) is 5.88. The maximum Gasteiger partial charge on any atom is 0.335 e. The predicted octanol–water partition coefficient (Wildman–Crippen LogP) is 4.44. The van der Waals surface area contributed by atoms with E-state index in [9.17, 15) is 19.5 Å². The van der Waals surface area contributed by atoms with Crippen molar-refractivity contribution in [1.82, 2.24) is 15.2 Å². The van der Waals surface area contributed by atoms with Gasteiger partial charge in [0, 0.05) is 43.5 Å². The summed E-state index contributed by atoms with van der Waals surface area (Å²) < 4.78 is 0.503. The lowest BCUT2D eigenvalue weighted by Crippen LogP contribution is -2.36. The molecule has 2 amide bonds. The van der Waals surface area contributed by atoms with Gasteiger partial charge in [0.15, 0.2) is 0 Å². The molecule has 2 aromatic heterocycles. The molecule has 1 aliphatic rings. The van der Waals surface area contributed by atoms with Crippen molar-refractivity contribution in [2.45, 2.75) is 39.4 Å². The molecule has 3 N–H and O–H groups in total. The first kappa shape index (κ1) is 24.8. The lowest BCUT2D eigenvalue weighted by molar-refractivity contribution is 0.0696. The third-order valence-corrected chi connectivity index (χ3v) is 7.11. The number of carbonyl (C=O) groups is 3. The topological polar surface area (TPSA) is 112 Å². The summed E-state index contributed by atoms with van der Waals surface area (Å²) in [5.74, 6) is -1.88. The van der Waals surface area contributed by atoms with Gasteiger partial charge in [-0.15, -0.1) is 11.3 Å². The molecule has 8 nitrogen and oxygen atoms in total. The van der Waals surface area contributed by atoms with Crippen molar-refractivity contribution in [1.29, 1.82) is 0 Å². The summed E-state index contributed by atoms with van der Waals surface area (Å²) in [5, 5.41) is 15.0. The minimum absolute atomic E-state index is 0.0209. The largest absolute Gasteiger partial charge is 0.478 e. The van der Waals surface area contributed by atoms with Crippen LogP contribution in [0.25, 0.3) is 0 Å². The monoisotopic (exact) mass is 512 g/mol. The van der Waals surface area contributed by atoms with E-state index in [1.165, 1.54) is 12.1 Å². The Kier molecular flexibility index (Phi) is 7.49. The number of hydrogen-bond acceptors (Lipinski definition) is 6. The second kappa shape index (κ2) is 10.6. The molecule has 0 saturated carbocycles. The first-order valence-electron chi connectivity index (χ1n) is 11.1. The highest BCUT2D eigenvalue weighted by atomic mass is 35.5. The molecule has 3 aromatic rings. The molecule has 10 heteroatoms. The van der Waals surface area contributed by atoms with E-state index < -0.39 is 11.9 Å². The van der Waals surface area contributed by atoms with Crippen LogP contribution in [-0.4, -0.2) is 45.4 Å². The minimum atomic E-state index is -1.12. The van der Waals surface area contributed by atoms with Gasteiger partial charge in [-0.25, -0.2) is 9.78 Å². The minimum Gasteiger partial charge on any atom is -0.478 e. The Morgan fingerprint density at radius 3 is 2.63 bits per heavy atom. The fraction of sp³-hybridized carbons (Fsp3) is 0.280. The number of aromatic nitrogens is 1. The van der Waals surface area contributed by atoms with Gasteiger partial charge in [0.2, 0.25) is 0 Å². The highest BCUT2D eigenvalue weighted by molar-refractivity contribution is 7.18. The van der Waals surface area contributed by atoms with Crippen LogP contribution < -0.4 is 10.6 Å². The summed E-state index contributed by atoms with van der Waals surface area (Å²) in [6.45, 7) is 6.07. The number of anilines is 1. The van der Waals surface area contributed by atoms with E-state index in [1.807, 2.05) is 6.07 Å². The molecule has 182 valence electrons. The molecular weight excluding hydrogens is 488 g/mol. The average Bonchev–Trinajstić information content (AvgIpc) is 3.28. The van der Waals surface area contributed by atoms with Gasteiger partial charge < -0.3 is 15.7 Å². The van der Waals surface area contributed by atoms with Crippen LogP contribution in [0, 0.1) is 0 Å². The Labute approximate surface area is 211 Å². The number of carboxylic acids is 1. The van der Waals surface area contributed by atoms with Crippen molar-refractivity contribution in [3.63, 3.8) is 0 Å². The van der Waals surface area contributed by atoms with Crippen LogP contribution in [0.15, 0.2) is 42.5 Å². The molecule has 35 heavy (non-hydrogen) atoms. The van der Waals surface area contributed by atoms with Gasteiger partial charge in [0.1, 0.15) is 5.69 Å². The lowest BCUT2D eigenvalue weighted by Gasteiger charge is -2.31. The number of halogens is 1. The normalized spacial score (nSPS) is 13.4. The number of fused-ring (bicyclic) bond motifs is 1. The summed E-state index contributed by atoms with van der Waals surface area (Å²) in [6.07, 6.45) is 0.757. The number of amides is 2. The Balaban J connectivity index is 1.52. The Bertz CT molecular complexity index is 1290. The van der Waals surface area contributed by atoms with E-state index >= 15 is 0 Å². The predicted molar refractivity (Wildman–Crippen MR) is 135 cm³/mol. The number of rotatable bonds is 7. The van der Waals surface area contributed by atoms with Crippen molar-refractivity contribution < 1.29 is 19.5 Å². The summed E-state index contributed by atoms with van der Waals surface area (Å²) in [7, 11) is 0. The highest BCUT2D eigenvalue weighted by Crippen LogP contribution is 2.24. The Morgan fingerprint density at radius 1 is 1.14 bits per heavy atom. The van der Waals surface area contributed by atoms with Crippen molar-refractivity contribution in [3.05, 3.63) is 79.8 Å². The molecular formula is C25H25ClN4O4S. The van der Waals surface area contributed by atoms with Crippen molar-refractivity contribution in [2.75, 3.05) is 11.9 Å². The third kappa shape index (κ3) is 5.87. The maximum atomic E-state index is 13.0. The summed E-state index contributed by atoms with van der Waals surface area (Å²) in [6, 6.07) is 11.7. The molecule has 0 bridgehead atoms. The molecule has 0 unspecified atom stereocenters. The van der Waals surface area contributed by atoms with Gasteiger partial charge in [-0.05, 0) is 55.3 Å². The zero-order valence-corrected chi connectivity index (χ0v) is 20.9. The van der Waals surface area contributed by atoms with E-state index in [4.69, 9.17) is 11.6 Å². The van der Waals surface area contributed by atoms with Crippen LogP contribution in [0.4, 0.5) is 5.69 Å². The highest BCUT2D eigenvalue weighted by Gasteiger charge is 2.21.